The molecule has 0 spiro atoms. The lowest BCUT2D eigenvalue weighted by molar-refractivity contribution is -0.117. The third-order valence-electron chi connectivity index (χ3n) is 2.62. The van der Waals surface area contributed by atoms with E-state index in [4.69, 9.17) is 25.8 Å². The van der Waals surface area contributed by atoms with Gasteiger partial charge in [0, 0.05) is 0 Å². The molecule has 0 aliphatic rings. The highest BCUT2D eigenvalue weighted by atomic mass is 35.5. The summed E-state index contributed by atoms with van der Waals surface area (Å²) in [5.41, 5.74) is 0.517. The van der Waals surface area contributed by atoms with Gasteiger partial charge in [0.15, 0.2) is 0 Å². The third kappa shape index (κ3) is 4.02. The molecule has 0 atom stereocenters. The molecule has 0 heterocycles. The van der Waals surface area contributed by atoms with E-state index in [2.05, 4.69) is 0 Å². The Morgan fingerprint density at radius 1 is 1.25 bits per heavy atom. The van der Waals surface area contributed by atoms with Crippen molar-refractivity contribution in [2.45, 2.75) is 20.0 Å². The van der Waals surface area contributed by atoms with E-state index in [-0.39, 0.29) is 24.6 Å². The summed E-state index contributed by atoms with van der Waals surface area (Å²) in [5.74, 6) is 0.614. The van der Waals surface area contributed by atoms with Crippen LogP contribution in [-0.2, 0) is 9.53 Å². The summed E-state index contributed by atoms with van der Waals surface area (Å²) in [7, 11) is 3.07. The monoisotopic (exact) mass is 301 g/mol. The maximum Gasteiger partial charge on any atom is 0.244 e. The minimum atomic E-state index is -0.282. The van der Waals surface area contributed by atoms with Crippen LogP contribution in [0.4, 0.5) is 5.69 Å². The molecule has 0 aliphatic carbocycles. The zero-order valence-corrected chi connectivity index (χ0v) is 12.9. The van der Waals surface area contributed by atoms with Crippen molar-refractivity contribution in [3.05, 3.63) is 18.2 Å². The van der Waals surface area contributed by atoms with Crippen molar-refractivity contribution in [3.8, 4) is 11.5 Å². The van der Waals surface area contributed by atoms with E-state index in [1.165, 1.54) is 19.1 Å². The molecule has 6 heteroatoms. The molecule has 0 aromatic heterocycles. The number of carbonyl (C=O) groups is 1. The summed E-state index contributed by atoms with van der Waals surface area (Å²) in [6.45, 7) is 3.87. The predicted molar refractivity (Wildman–Crippen MR) is 78.8 cm³/mol. The smallest absolute Gasteiger partial charge is 0.244 e. The van der Waals surface area contributed by atoms with E-state index >= 15 is 0 Å². The number of ether oxygens (including phenoxy) is 3. The number of benzene rings is 1. The number of carbonyl (C=O) groups excluding carboxylic acids is 1. The molecule has 0 N–H and O–H groups in total. The maximum atomic E-state index is 12.1. The molecule has 1 amide bonds. The van der Waals surface area contributed by atoms with Gasteiger partial charge in [-0.25, -0.2) is 0 Å². The molecule has 1 rings (SSSR count). The number of nitrogens with zero attached hydrogens (tertiary/aromatic N) is 1. The Labute approximate surface area is 124 Å². The van der Waals surface area contributed by atoms with Crippen LogP contribution >= 0.6 is 11.6 Å². The average Bonchev–Trinajstić information content (AvgIpc) is 2.46. The Bertz CT molecular complexity index is 429. The zero-order chi connectivity index (χ0) is 15.1. The molecule has 20 heavy (non-hydrogen) atoms. The summed E-state index contributed by atoms with van der Waals surface area (Å²) in [5, 5.41) is 0. The topological polar surface area (TPSA) is 48.0 Å². The Hall–Kier alpha value is -1.46. The van der Waals surface area contributed by atoms with Gasteiger partial charge in [-0.3, -0.25) is 9.69 Å². The molecule has 0 bridgehead atoms. The normalized spacial score (nSPS) is 10.5. The largest absolute Gasteiger partial charge is 0.494 e. The summed E-state index contributed by atoms with van der Waals surface area (Å²) in [4.78, 5) is 13.5. The summed E-state index contributed by atoms with van der Waals surface area (Å²) >= 11 is 5.67. The highest BCUT2D eigenvalue weighted by Gasteiger charge is 2.23. The lowest BCUT2D eigenvalue weighted by Crippen LogP contribution is -2.35. The maximum absolute atomic E-state index is 12.1. The highest BCUT2D eigenvalue weighted by Crippen LogP contribution is 2.37. The fraction of sp³-hybridized carbons (Fsp3) is 0.500. The number of hydrogen-bond acceptors (Lipinski definition) is 4. The minimum absolute atomic E-state index is 0.0127. The molecule has 0 saturated heterocycles. The molecule has 1 aromatic carbocycles. The van der Waals surface area contributed by atoms with Crippen LogP contribution in [0.1, 0.15) is 13.8 Å². The van der Waals surface area contributed by atoms with Crippen molar-refractivity contribution in [2.75, 3.05) is 31.7 Å². The molecule has 1 aromatic rings. The average molecular weight is 302 g/mol. The van der Waals surface area contributed by atoms with Gasteiger partial charge in [-0.2, -0.15) is 0 Å². The van der Waals surface area contributed by atoms with E-state index in [9.17, 15) is 4.79 Å². The second kappa shape index (κ2) is 7.97. The van der Waals surface area contributed by atoms with Crippen LogP contribution in [0.2, 0.25) is 0 Å². The van der Waals surface area contributed by atoms with Crippen LogP contribution < -0.4 is 14.4 Å². The van der Waals surface area contributed by atoms with Gasteiger partial charge in [0.1, 0.15) is 29.8 Å². The Morgan fingerprint density at radius 2 is 1.80 bits per heavy atom. The van der Waals surface area contributed by atoms with E-state index in [0.29, 0.717) is 17.2 Å². The van der Waals surface area contributed by atoms with Crippen LogP contribution in [0.25, 0.3) is 0 Å². The summed E-state index contributed by atoms with van der Waals surface area (Å²) < 4.78 is 16.1. The number of para-hydroxylation sites is 1. The molecule has 0 fully saturated rings. The van der Waals surface area contributed by atoms with Gasteiger partial charge in [0.05, 0.1) is 20.3 Å². The van der Waals surface area contributed by atoms with Gasteiger partial charge >= 0.3 is 0 Å². The number of rotatable bonds is 7. The molecular formula is C14H20ClNO4. The second-order valence-electron chi connectivity index (χ2n) is 4.31. The van der Waals surface area contributed by atoms with Gasteiger partial charge in [-0.05, 0) is 26.0 Å². The molecule has 112 valence electrons. The van der Waals surface area contributed by atoms with Crippen molar-refractivity contribution in [2.24, 2.45) is 0 Å². The fourth-order valence-corrected chi connectivity index (χ4v) is 1.80. The van der Waals surface area contributed by atoms with Crippen LogP contribution in [0.15, 0.2) is 18.2 Å². The highest BCUT2D eigenvalue weighted by molar-refractivity contribution is 6.29. The number of hydrogen-bond donors (Lipinski definition) is 0. The van der Waals surface area contributed by atoms with Gasteiger partial charge in [-0.15, -0.1) is 11.6 Å². The molecule has 0 radical (unpaired) electrons. The van der Waals surface area contributed by atoms with E-state index in [0.717, 1.165) is 0 Å². The Kier molecular flexibility index (Phi) is 6.61. The fourth-order valence-electron chi connectivity index (χ4n) is 1.65. The number of methoxy groups -OCH3 is 2. The molecule has 0 unspecified atom stereocenters. The van der Waals surface area contributed by atoms with Gasteiger partial charge < -0.3 is 14.2 Å². The number of anilines is 1. The number of halogens is 1. The lowest BCUT2D eigenvalue weighted by Gasteiger charge is -2.26. The number of amides is 1. The third-order valence-corrected chi connectivity index (χ3v) is 2.85. The first-order valence-electron chi connectivity index (χ1n) is 6.24. The van der Waals surface area contributed by atoms with Crippen molar-refractivity contribution in [3.63, 3.8) is 0 Å². The zero-order valence-electron chi connectivity index (χ0n) is 12.2. The lowest BCUT2D eigenvalue weighted by atomic mass is 10.2. The summed E-state index contributed by atoms with van der Waals surface area (Å²) in [6.07, 6.45) is -0.0127. The number of alkyl halides is 1. The first-order chi connectivity index (χ1) is 9.54. The standard InChI is InChI=1S/C14H20ClNO4/c1-10(2)20-9-16(13(17)8-15)14-11(18-3)6-5-7-12(14)19-4/h5-7,10H,8-9H2,1-4H3. The van der Waals surface area contributed by atoms with Crippen LogP contribution in [0.5, 0.6) is 11.5 Å². The van der Waals surface area contributed by atoms with Crippen LogP contribution in [-0.4, -0.2) is 38.8 Å². The summed E-state index contributed by atoms with van der Waals surface area (Å²) in [6, 6.07) is 5.29. The first-order valence-corrected chi connectivity index (χ1v) is 6.77. The van der Waals surface area contributed by atoms with Gasteiger partial charge in [0.2, 0.25) is 5.91 Å². The van der Waals surface area contributed by atoms with Crippen LogP contribution in [0, 0.1) is 0 Å². The van der Waals surface area contributed by atoms with Gasteiger partial charge in [0.25, 0.3) is 0 Å². The van der Waals surface area contributed by atoms with Crippen molar-refractivity contribution < 1.29 is 19.0 Å². The first kappa shape index (κ1) is 16.6. The molecular weight excluding hydrogens is 282 g/mol. The Balaban J connectivity index is 3.20. The SMILES string of the molecule is COc1cccc(OC)c1N(COC(C)C)C(=O)CCl. The molecule has 5 nitrogen and oxygen atoms in total. The quantitative estimate of drug-likeness (QED) is 0.574. The second-order valence-corrected chi connectivity index (χ2v) is 4.58. The van der Waals surface area contributed by atoms with Crippen LogP contribution in [0.3, 0.4) is 0 Å². The predicted octanol–water partition coefficient (Wildman–Crippen LogP) is 2.66. The molecule has 0 aliphatic heterocycles. The minimum Gasteiger partial charge on any atom is -0.494 e. The molecule has 0 saturated carbocycles. The van der Waals surface area contributed by atoms with Crippen molar-refractivity contribution in [1.82, 2.24) is 0 Å². The Morgan fingerprint density at radius 3 is 2.20 bits per heavy atom. The van der Waals surface area contributed by atoms with E-state index in [1.807, 2.05) is 13.8 Å². The van der Waals surface area contributed by atoms with E-state index < -0.39 is 0 Å². The van der Waals surface area contributed by atoms with E-state index in [1.54, 1.807) is 18.2 Å². The van der Waals surface area contributed by atoms with Crippen molar-refractivity contribution in [1.29, 1.82) is 0 Å². The van der Waals surface area contributed by atoms with Crippen molar-refractivity contribution >= 4 is 23.2 Å². The van der Waals surface area contributed by atoms with Gasteiger partial charge in [-0.1, -0.05) is 6.07 Å².